The van der Waals surface area contributed by atoms with Crippen molar-refractivity contribution < 1.29 is 33.1 Å². The summed E-state index contributed by atoms with van der Waals surface area (Å²) in [6.45, 7) is -8.14. The summed E-state index contributed by atoms with van der Waals surface area (Å²) < 4.78 is 82.2. The number of hydrogen-bond donors (Lipinski definition) is 2. The number of carbonyl (C=O) groups excluding carboxylic acids is 1. The van der Waals surface area contributed by atoms with Crippen LogP contribution in [0.3, 0.4) is 0 Å². The first kappa shape index (κ1) is 9.21. The number of fused-ring (bicyclic) bond motifs is 3. The number of alkyl carbamates (subject to hydrolysis) is 1. The average molecular weight is 363 g/mol. The quantitative estimate of drug-likeness (QED) is 0.813. The molecular weight excluding hydrogens is 330 g/mol. The number of aliphatic carboxylic acids is 1. The summed E-state index contributed by atoms with van der Waals surface area (Å²) in [5, 5.41) is 11.1. The molecule has 3 rings (SSSR count). The molecule has 0 aliphatic heterocycles. The van der Waals surface area contributed by atoms with E-state index in [1.165, 1.54) is 5.32 Å². The zero-order chi connectivity index (χ0) is 27.3. The fourth-order valence-corrected chi connectivity index (χ4v) is 3.00. The maximum Gasteiger partial charge on any atom is 0.407 e. The molecule has 5 nitrogen and oxygen atoms in total. The Kier molecular flexibility index (Phi) is 2.69. The molecular formula is C21H23NO4. The standard InChI is InChI=1S/C21H23NO4/c1-13(2)11-19(20(23)24)22-21(25)26-12-18-16-9-5-3-7-14(16)15-8-4-6-10-17(15)18/h3-10,13,18-19H,11-12H2,1-2H3,(H,22,25)(H,23,24)/i1D3,2D3,11D2,13D,19D. The fraction of sp³-hybridized carbons (Fsp3) is 0.333. The maximum atomic E-state index is 12.6. The van der Waals surface area contributed by atoms with Gasteiger partial charge in [0.2, 0.25) is 0 Å². The third-order valence-electron chi connectivity index (χ3n) is 4.03. The van der Waals surface area contributed by atoms with Gasteiger partial charge in [0.15, 0.2) is 0 Å². The molecule has 1 aliphatic carbocycles. The Bertz CT molecular complexity index is 1120. The van der Waals surface area contributed by atoms with Crippen LogP contribution in [0.2, 0.25) is 0 Å². The zero-order valence-corrected chi connectivity index (χ0v) is 13.6. The van der Waals surface area contributed by atoms with Crippen molar-refractivity contribution in [2.24, 2.45) is 5.89 Å². The molecule has 2 aromatic carbocycles. The summed E-state index contributed by atoms with van der Waals surface area (Å²) in [6, 6.07) is 10.7. The molecule has 0 fully saturated rings. The second-order valence-corrected chi connectivity index (χ2v) is 5.63. The fourth-order valence-electron chi connectivity index (χ4n) is 3.00. The van der Waals surface area contributed by atoms with E-state index in [1.807, 2.05) is 36.4 Å². The van der Waals surface area contributed by atoms with Crippen LogP contribution in [0.1, 0.15) is 50.8 Å². The van der Waals surface area contributed by atoms with E-state index >= 15 is 0 Å². The molecule has 0 radical (unpaired) electrons. The number of hydrogen-bond acceptors (Lipinski definition) is 3. The van der Waals surface area contributed by atoms with Gasteiger partial charge in [-0.3, -0.25) is 0 Å². The molecule has 0 heterocycles. The monoisotopic (exact) mass is 363 g/mol. The number of rotatable bonds is 6. The highest BCUT2D eigenvalue weighted by Crippen LogP contribution is 2.44. The Labute approximate surface area is 167 Å². The van der Waals surface area contributed by atoms with Gasteiger partial charge in [0.05, 0.1) is 1.37 Å². The van der Waals surface area contributed by atoms with Crippen LogP contribution in [-0.4, -0.2) is 29.8 Å². The van der Waals surface area contributed by atoms with Gasteiger partial charge in [0.1, 0.15) is 12.6 Å². The summed E-state index contributed by atoms with van der Waals surface area (Å²) >= 11 is 0. The average Bonchev–Trinajstić information content (AvgIpc) is 3.09. The molecule has 26 heavy (non-hydrogen) atoms. The Morgan fingerprint density at radius 1 is 1.19 bits per heavy atom. The topological polar surface area (TPSA) is 75.6 Å². The Morgan fingerprint density at radius 3 is 2.31 bits per heavy atom. The lowest BCUT2D eigenvalue weighted by Crippen LogP contribution is -2.42. The summed E-state index contributed by atoms with van der Waals surface area (Å²) in [5.74, 6) is -6.97. The normalized spacial score (nSPS) is 22.6. The van der Waals surface area contributed by atoms with Crippen molar-refractivity contribution in [3.05, 3.63) is 59.7 Å². The largest absolute Gasteiger partial charge is 0.480 e. The minimum Gasteiger partial charge on any atom is -0.480 e. The van der Waals surface area contributed by atoms with Crippen LogP contribution in [0.15, 0.2) is 48.5 Å². The van der Waals surface area contributed by atoms with Crippen LogP contribution in [0.4, 0.5) is 4.79 Å². The van der Waals surface area contributed by atoms with Gasteiger partial charge in [-0.05, 0) is 34.5 Å². The van der Waals surface area contributed by atoms with Crippen molar-refractivity contribution in [3.8, 4) is 11.1 Å². The number of carboxylic acid groups (broad SMARTS) is 1. The maximum absolute atomic E-state index is 12.6. The third kappa shape index (κ3) is 3.72. The number of benzene rings is 2. The van der Waals surface area contributed by atoms with Crippen LogP contribution in [0, 0.1) is 5.89 Å². The predicted octanol–water partition coefficient (Wildman–Crippen LogP) is 4.02. The number of carbonyl (C=O) groups is 2. The second-order valence-electron chi connectivity index (χ2n) is 5.63. The molecule has 0 saturated heterocycles. The number of ether oxygens (including phenoxy) is 1. The van der Waals surface area contributed by atoms with Gasteiger partial charge < -0.3 is 15.2 Å². The Morgan fingerprint density at radius 2 is 1.77 bits per heavy atom. The second kappa shape index (κ2) is 7.60. The van der Waals surface area contributed by atoms with Gasteiger partial charge >= 0.3 is 12.1 Å². The summed E-state index contributed by atoms with van der Waals surface area (Å²) in [4.78, 5) is 24.5. The molecule has 0 aromatic heterocycles. The highest BCUT2D eigenvalue weighted by atomic mass is 16.5. The first-order valence-corrected chi connectivity index (χ1v) is 7.76. The molecule has 5 heteroatoms. The van der Waals surface area contributed by atoms with Crippen molar-refractivity contribution in [3.63, 3.8) is 0 Å². The van der Waals surface area contributed by atoms with Crippen LogP contribution in [0.25, 0.3) is 11.1 Å². The molecule has 2 aromatic rings. The molecule has 2 N–H and O–H groups in total. The van der Waals surface area contributed by atoms with E-state index in [-0.39, 0.29) is 6.61 Å². The predicted molar refractivity (Wildman–Crippen MR) is 99.1 cm³/mol. The molecule has 0 saturated carbocycles. The van der Waals surface area contributed by atoms with Crippen molar-refractivity contribution in [1.82, 2.24) is 5.32 Å². The van der Waals surface area contributed by atoms with Crippen LogP contribution in [-0.2, 0) is 9.53 Å². The molecule has 1 amide bonds. The van der Waals surface area contributed by atoms with Crippen LogP contribution >= 0.6 is 0 Å². The van der Waals surface area contributed by atoms with Crippen molar-refractivity contribution in [2.45, 2.75) is 32.0 Å². The first-order valence-electron chi connectivity index (χ1n) is 12.8. The molecule has 0 spiro atoms. The lowest BCUT2D eigenvalue weighted by atomic mass is 9.98. The summed E-state index contributed by atoms with van der Waals surface area (Å²) in [6.07, 6.45) is -5.75. The molecule has 0 bridgehead atoms. The van der Waals surface area contributed by atoms with E-state index in [0.29, 0.717) is 0 Å². The minimum atomic E-state index is -4.14. The zero-order valence-electron chi connectivity index (χ0n) is 23.6. The van der Waals surface area contributed by atoms with Gasteiger partial charge in [-0.2, -0.15) is 0 Å². The third-order valence-corrected chi connectivity index (χ3v) is 4.03. The highest BCUT2D eigenvalue weighted by molar-refractivity contribution is 5.81. The highest BCUT2D eigenvalue weighted by Gasteiger charge is 2.29. The lowest BCUT2D eigenvalue weighted by molar-refractivity contribution is -0.139. The lowest BCUT2D eigenvalue weighted by Gasteiger charge is -2.18. The minimum absolute atomic E-state index is 0.344. The van der Waals surface area contributed by atoms with Gasteiger partial charge in [0.25, 0.3) is 0 Å². The van der Waals surface area contributed by atoms with Gasteiger partial charge in [-0.25, -0.2) is 9.59 Å². The molecule has 1 aliphatic rings. The first-order chi connectivity index (χ1) is 16.4. The van der Waals surface area contributed by atoms with E-state index in [9.17, 15) is 14.7 Å². The molecule has 1 unspecified atom stereocenters. The van der Waals surface area contributed by atoms with E-state index < -0.39 is 50.0 Å². The van der Waals surface area contributed by atoms with E-state index in [4.69, 9.17) is 18.4 Å². The SMILES string of the molecule is [2H]C([2H])([2H])C([2H])(C([2H])([2H])[2H])C([2H])([2H])C([2H])(NC(=O)OCC1c2ccccc2-c2ccccc21)C(=O)O. The van der Waals surface area contributed by atoms with E-state index in [0.717, 1.165) is 22.3 Å². The molecule has 136 valence electrons. The van der Waals surface area contributed by atoms with Crippen LogP contribution in [0.5, 0.6) is 0 Å². The Balaban J connectivity index is 1.90. The van der Waals surface area contributed by atoms with Crippen molar-refractivity contribution in [1.29, 1.82) is 0 Å². The van der Waals surface area contributed by atoms with Crippen molar-refractivity contribution >= 4 is 12.1 Å². The number of amides is 1. The number of nitrogens with one attached hydrogen (secondary N) is 1. The summed E-state index contributed by atoms with van der Waals surface area (Å²) in [5.41, 5.74) is 3.42. The number of carboxylic acids is 1. The Hall–Kier alpha value is -2.82. The summed E-state index contributed by atoms with van der Waals surface area (Å²) in [7, 11) is 0. The molecule has 1 atom stereocenters. The van der Waals surface area contributed by atoms with E-state index in [2.05, 4.69) is 0 Å². The van der Waals surface area contributed by atoms with Gasteiger partial charge in [-0.15, -0.1) is 0 Å². The van der Waals surface area contributed by atoms with Gasteiger partial charge in [0, 0.05) is 18.3 Å². The van der Waals surface area contributed by atoms with Crippen LogP contribution < -0.4 is 5.32 Å². The van der Waals surface area contributed by atoms with E-state index in [1.54, 1.807) is 12.1 Å². The van der Waals surface area contributed by atoms with Gasteiger partial charge in [-0.1, -0.05) is 62.2 Å². The smallest absolute Gasteiger partial charge is 0.407 e. The van der Waals surface area contributed by atoms with Crippen molar-refractivity contribution in [2.75, 3.05) is 6.61 Å².